The molecule has 1 radical (unpaired) electrons. The first kappa shape index (κ1) is 5.88. The van der Waals surface area contributed by atoms with Crippen LogP contribution < -0.4 is 5.73 Å². The molecule has 0 aliphatic heterocycles. The molecule has 37 valence electrons. The minimum atomic E-state index is -1.48. The van der Waals surface area contributed by atoms with Crippen molar-refractivity contribution in [3.8, 4) is 0 Å². The fraction of sp³-hybridized carbons (Fsp3) is 1.00. The van der Waals surface area contributed by atoms with Gasteiger partial charge in [-0.2, -0.15) is 0 Å². The molecule has 3 N–H and O–H groups in total. The molecule has 0 aliphatic carbocycles. The number of rotatable bonds is 1. The number of hydrogen-bond acceptors (Lipinski definition) is 2. The van der Waals surface area contributed by atoms with Gasteiger partial charge in [-0.3, -0.25) is 0 Å². The van der Waals surface area contributed by atoms with Crippen LogP contribution in [0.2, 0.25) is 0 Å². The van der Waals surface area contributed by atoms with Gasteiger partial charge in [0.05, 0.1) is 6.04 Å². The Morgan fingerprint density at radius 2 is 1.67 bits per heavy atom. The maximum Gasteiger partial charge on any atom is 0.168 e. The third-order valence-corrected chi connectivity index (χ3v) is 0.447. The minimum absolute atomic E-state index is 0.787. The third-order valence-electron chi connectivity index (χ3n) is 0.447. The van der Waals surface area contributed by atoms with Crippen LogP contribution in [-0.2, 0) is 0 Å². The fourth-order valence-electron chi connectivity index (χ4n) is 0. The second-order valence-corrected chi connectivity index (χ2v) is 1.20. The molecule has 0 heterocycles. The van der Waals surface area contributed by atoms with Crippen molar-refractivity contribution >= 4 is 0 Å². The summed E-state index contributed by atoms with van der Waals surface area (Å²) in [5, 5.41) is 16.0. The van der Waals surface area contributed by atoms with Crippen LogP contribution in [0.1, 0.15) is 6.92 Å². The number of aliphatic hydroxyl groups is 2. The molecule has 0 aromatic heterocycles. The highest BCUT2D eigenvalue weighted by atomic mass is 16.5. The van der Waals surface area contributed by atoms with Gasteiger partial charge in [0.15, 0.2) is 6.29 Å². The van der Waals surface area contributed by atoms with E-state index in [0.717, 1.165) is 0 Å². The van der Waals surface area contributed by atoms with E-state index < -0.39 is 12.3 Å². The van der Waals surface area contributed by atoms with Crippen molar-refractivity contribution in [2.45, 2.75) is 19.3 Å². The van der Waals surface area contributed by atoms with Gasteiger partial charge in [-0.1, -0.05) is 0 Å². The second kappa shape index (κ2) is 2.12. The molecule has 0 rings (SSSR count). The highest BCUT2D eigenvalue weighted by Crippen LogP contribution is 1.80. The molecule has 3 heteroatoms. The molecule has 0 saturated heterocycles. The molecule has 0 fully saturated rings. The zero-order valence-electron chi connectivity index (χ0n) is 3.55. The summed E-state index contributed by atoms with van der Waals surface area (Å²) in [5.41, 5.74) is 6.53. The molecule has 0 amide bonds. The topological polar surface area (TPSA) is 64.3 Å². The van der Waals surface area contributed by atoms with Crippen molar-refractivity contribution in [3.63, 3.8) is 0 Å². The van der Waals surface area contributed by atoms with Crippen molar-refractivity contribution in [2.75, 3.05) is 0 Å². The molecule has 0 spiro atoms. The van der Waals surface area contributed by atoms with Gasteiger partial charge in [-0.15, -0.1) is 0 Å². The van der Waals surface area contributed by atoms with Gasteiger partial charge in [0, 0.05) is 0 Å². The van der Waals surface area contributed by atoms with Crippen LogP contribution in [-0.4, -0.2) is 22.5 Å². The Balaban J connectivity index is 2.99. The lowest BCUT2D eigenvalue weighted by Crippen LogP contribution is -2.22. The quantitative estimate of drug-likeness (QED) is 0.404. The Morgan fingerprint density at radius 3 is 1.67 bits per heavy atom. The van der Waals surface area contributed by atoms with E-state index in [4.69, 9.17) is 15.9 Å². The van der Waals surface area contributed by atoms with Crippen molar-refractivity contribution in [1.29, 1.82) is 0 Å². The SMILES string of the molecule is CC([NH])C(O)O. The summed E-state index contributed by atoms with van der Waals surface area (Å²) in [4.78, 5) is 0. The average molecular weight is 90.1 g/mol. The molecular formula is C3H8NO2. The zero-order chi connectivity index (χ0) is 5.15. The van der Waals surface area contributed by atoms with Crippen LogP contribution in [0.15, 0.2) is 0 Å². The lowest BCUT2D eigenvalue weighted by Gasteiger charge is -2.02. The first-order valence-electron chi connectivity index (χ1n) is 1.72. The minimum Gasteiger partial charge on any atom is -0.367 e. The summed E-state index contributed by atoms with van der Waals surface area (Å²) < 4.78 is 0. The summed E-state index contributed by atoms with van der Waals surface area (Å²) in [6, 6.07) is -0.787. The largest absolute Gasteiger partial charge is 0.367 e. The number of nitrogens with one attached hydrogen (secondary N) is 1. The van der Waals surface area contributed by atoms with Crippen LogP contribution in [0.25, 0.3) is 0 Å². The second-order valence-electron chi connectivity index (χ2n) is 1.20. The van der Waals surface area contributed by atoms with E-state index in [1.807, 2.05) is 0 Å². The monoisotopic (exact) mass is 90.1 g/mol. The van der Waals surface area contributed by atoms with Gasteiger partial charge in [0.25, 0.3) is 0 Å². The van der Waals surface area contributed by atoms with Crippen molar-refractivity contribution in [2.24, 2.45) is 0 Å². The molecule has 3 nitrogen and oxygen atoms in total. The van der Waals surface area contributed by atoms with Crippen LogP contribution in [0.5, 0.6) is 0 Å². The maximum atomic E-state index is 8.00. The van der Waals surface area contributed by atoms with Gasteiger partial charge in [-0.25, -0.2) is 5.73 Å². The van der Waals surface area contributed by atoms with Gasteiger partial charge in [0.2, 0.25) is 0 Å². The van der Waals surface area contributed by atoms with Crippen LogP contribution in [0.4, 0.5) is 0 Å². The Labute approximate surface area is 36.4 Å². The van der Waals surface area contributed by atoms with Crippen molar-refractivity contribution in [3.05, 3.63) is 0 Å². The van der Waals surface area contributed by atoms with E-state index in [1.165, 1.54) is 6.92 Å². The molecule has 1 unspecified atom stereocenters. The standard InChI is InChI=1S/C3H8NO2/c1-2(4)3(5)6/h2-6H,1H3. The number of hydrogen-bond donors (Lipinski definition) is 2. The molecule has 0 bridgehead atoms. The Hall–Kier alpha value is -0.120. The molecule has 6 heavy (non-hydrogen) atoms. The summed E-state index contributed by atoms with van der Waals surface area (Å²) in [6.45, 7) is 1.41. The van der Waals surface area contributed by atoms with E-state index in [9.17, 15) is 0 Å². The van der Waals surface area contributed by atoms with Crippen molar-refractivity contribution in [1.82, 2.24) is 5.73 Å². The Kier molecular flexibility index (Phi) is 2.08. The van der Waals surface area contributed by atoms with Crippen molar-refractivity contribution < 1.29 is 10.2 Å². The molecule has 1 atom stereocenters. The van der Waals surface area contributed by atoms with Gasteiger partial charge in [0.1, 0.15) is 0 Å². The summed E-state index contributed by atoms with van der Waals surface area (Å²) in [6.07, 6.45) is -1.48. The highest BCUT2D eigenvalue weighted by Gasteiger charge is 2.01. The van der Waals surface area contributed by atoms with Gasteiger partial charge >= 0.3 is 0 Å². The summed E-state index contributed by atoms with van der Waals surface area (Å²) in [5.74, 6) is 0. The van der Waals surface area contributed by atoms with Gasteiger partial charge < -0.3 is 10.2 Å². The van der Waals surface area contributed by atoms with E-state index in [1.54, 1.807) is 0 Å². The summed E-state index contributed by atoms with van der Waals surface area (Å²) in [7, 11) is 0. The molecule has 0 aromatic carbocycles. The molecular weight excluding hydrogens is 82.0 g/mol. The average Bonchev–Trinajstić information content (AvgIpc) is 1.36. The Bertz CT molecular complexity index is 29.8. The molecule has 0 aliphatic rings. The lowest BCUT2D eigenvalue weighted by atomic mass is 10.4. The van der Waals surface area contributed by atoms with Crippen LogP contribution in [0.3, 0.4) is 0 Å². The smallest absolute Gasteiger partial charge is 0.168 e. The van der Waals surface area contributed by atoms with E-state index in [0.29, 0.717) is 0 Å². The predicted octanol–water partition coefficient (Wildman–Crippen LogP) is -1.03. The van der Waals surface area contributed by atoms with E-state index in [-0.39, 0.29) is 0 Å². The predicted molar refractivity (Wildman–Crippen MR) is 20.8 cm³/mol. The molecule has 0 saturated carbocycles. The normalized spacial score (nSPS) is 15.5. The van der Waals surface area contributed by atoms with E-state index in [2.05, 4.69) is 0 Å². The summed E-state index contributed by atoms with van der Waals surface area (Å²) >= 11 is 0. The molecule has 0 aromatic rings. The maximum absolute atomic E-state index is 8.00. The fourth-order valence-corrected chi connectivity index (χ4v) is 0. The van der Waals surface area contributed by atoms with Crippen LogP contribution >= 0.6 is 0 Å². The number of aliphatic hydroxyl groups excluding tert-OH is 1. The zero-order valence-corrected chi connectivity index (χ0v) is 3.55. The van der Waals surface area contributed by atoms with E-state index >= 15 is 0 Å². The highest BCUT2D eigenvalue weighted by molar-refractivity contribution is 4.49. The lowest BCUT2D eigenvalue weighted by molar-refractivity contribution is -0.0555. The Morgan fingerprint density at radius 1 is 1.50 bits per heavy atom. The third kappa shape index (κ3) is 2.14. The first-order valence-corrected chi connectivity index (χ1v) is 1.72. The van der Waals surface area contributed by atoms with Gasteiger partial charge in [-0.05, 0) is 6.92 Å². The van der Waals surface area contributed by atoms with Crippen LogP contribution in [0, 0.1) is 0 Å². The first-order chi connectivity index (χ1) is 2.64.